The van der Waals surface area contributed by atoms with E-state index in [9.17, 15) is 4.79 Å². The molecule has 96 valence electrons. The highest BCUT2D eigenvalue weighted by atomic mass is 16.2. The summed E-state index contributed by atoms with van der Waals surface area (Å²) >= 11 is 0. The Hall–Kier alpha value is -1.08. The summed E-state index contributed by atoms with van der Waals surface area (Å²) in [5, 5.41) is 11.8. The van der Waals surface area contributed by atoms with Crippen LogP contribution >= 0.6 is 0 Å². The molecule has 1 fully saturated rings. The van der Waals surface area contributed by atoms with Crippen molar-refractivity contribution in [3.05, 3.63) is 0 Å². The maximum atomic E-state index is 11.9. The predicted molar refractivity (Wildman–Crippen MR) is 67.2 cm³/mol. The zero-order valence-corrected chi connectivity index (χ0v) is 11.3. The molecule has 0 aromatic carbocycles. The molecular weight excluding hydrogens is 214 g/mol. The first-order valence-electron chi connectivity index (χ1n) is 6.23. The first-order valence-corrected chi connectivity index (χ1v) is 6.23. The molecule has 0 saturated carbocycles. The van der Waals surface area contributed by atoms with Gasteiger partial charge in [-0.25, -0.2) is 0 Å². The minimum absolute atomic E-state index is 0.0912. The molecule has 0 spiro atoms. The number of rotatable bonds is 2. The molecule has 0 aromatic heterocycles. The molecule has 1 heterocycles. The fourth-order valence-electron chi connectivity index (χ4n) is 2.20. The van der Waals surface area contributed by atoms with Gasteiger partial charge in [-0.1, -0.05) is 27.7 Å². The lowest BCUT2D eigenvalue weighted by atomic mass is 9.92. The molecule has 4 heteroatoms. The Kier molecular flexibility index (Phi) is 4.53. The van der Waals surface area contributed by atoms with Gasteiger partial charge in [-0.05, 0) is 12.3 Å². The average molecular weight is 237 g/mol. The van der Waals surface area contributed by atoms with Gasteiger partial charge in [-0.15, -0.1) is 0 Å². The van der Waals surface area contributed by atoms with Gasteiger partial charge in [0.1, 0.15) is 0 Å². The number of likely N-dealkylation sites (tertiary alicyclic amines) is 1. The minimum Gasteiger partial charge on any atom is -0.352 e. The van der Waals surface area contributed by atoms with E-state index in [4.69, 9.17) is 5.26 Å². The maximum Gasteiger partial charge on any atom is 0.225 e. The summed E-state index contributed by atoms with van der Waals surface area (Å²) in [6.07, 6.45) is 1.00. The largest absolute Gasteiger partial charge is 0.352 e. The highest BCUT2D eigenvalue weighted by Gasteiger charge is 2.29. The summed E-state index contributed by atoms with van der Waals surface area (Å²) in [5.74, 6) is 0.621. The van der Waals surface area contributed by atoms with E-state index >= 15 is 0 Å². The van der Waals surface area contributed by atoms with Gasteiger partial charge >= 0.3 is 0 Å². The Balaban J connectivity index is 2.54. The van der Waals surface area contributed by atoms with Crippen LogP contribution in [0.15, 0.2) is 0 Å². The lowest BCUT2D eigenvalue weighted by Crippen LogP contribution is -2.52. The van der Waals surface area contributed by atoms with Crippen LogP contribution in [0, 0.1) is 22.7 Å². The Morgan fingerprint density at radius 3 is 2.65 bits per heavy atom. The highest BCUT2D eigenvalue weighted by molar-refractivity contribution is 5.81. The van der Waals surface area contributed by atoms with Gasteiger partial charge in [0.05, 0.1) is 12.6 Å². The van der Waals surface area contributed by atoms with Crippen LogP contribution in [0.25, 0.3) is 0 Å². The van der Waals surface area contributed by atoms with Crippen molar-refractivity contribution in [3.8, 4) is 6.07 Å². The molecule has 1 saturated heterocycles. The summed E-state index contributed by atoms with van der Waals surface area (Å²) in [5.41, 5.74) is -0.346. The van der Waals surface area contributed by atoms with E-state index in [1.807, 2.05) is 20.8 Å². The second kappa shape index (κ2) is 5.50. The quantitative estimate of drug-likeness (QED) is 0.738. The van der Waals surface area contributed by atoms with E-state index in [1.54, 1.807) is 0 Å². The normalized spacial score (nSPS) is 26.3. The second-order valence-corrected chi connectivity index (χ2v) is 6.11. The topological polar surface area (TPSA) is 56.1 Å². The Labute approximate surface area is 104 Å². The molecule has 2 unspecified atom stereocenters. The molecule has 17 heavy (non-hydrogen) atoms. The fraction of sp³-hybridized carbons (Fsp3) is 0.846. The van der Waals surface area contributed by atoms with Crippen LogP contribution in [0.3, 0.4) is 0 Å². The molecule has 4 nitrogen and oxygen atoms in total. The van der Waals surface area contributed by atoms with Crippen molar-refractivity contribution in [1.29, 1.82) is 5.26 Å². The number of hydrogen-bond donors (Lipinski definition) is 1. The van der Waals surface area contributed by atoms with Crippen LogP contribution < -0.4 is 5.32 Å². The Morgan fingerprint density at radius 2 is 2.12 bits per heavy atom. The van der Waals surface area contributed by atoms with Crippen molar-refractivity contribution >= 4 is 5.91 Å². The van der Waals surface area contributed by atoms with Gasteiger partial charge in [0.2, 0.25) is 5.91 Å². The first kappa shape index (κ1) is 14.0. The average Bonchev–Trinajstić information content (AvgIpc) is 2.15. The molecule has 0 aromatic rings. The van der Waals surface area contributed by atoms with E-state index in [1.165, 1.54) is 0 Å². The third kappa shape index (κ3) is 4.35. The third-order valence-corrected chi connectivity index (χ3v) is 3.05. The number of nitrogens with zero attached hydrogens (tertiary/aromatic N) is 2. The molecule has 1 N–H and O–H groups in total. The monoisotopic (exact) mass is 237 g/mol. The van der Waals surface area contributed by atoms with Gasteiger partial charge in [-0.3, -0.25) is 9.69 Å². The van der Waals surface area contributed by atoms with E-state index in [-0.39, 0.29) is 17.4 Å². The van der Waals surface area contributed by atoms with Crippen LogP contribution in [0.1, 0.15) is 34.1 Å². The standard InChI is InChI=1S/C13H23N3O/c1-10-7-11(9-16(8-10)6-5-14)15-12(17)13(2,3)4/h10-11H,6-9H2,1-4H3,(H,15,17). The molecule has 0 radical (unpaired) electrons. The van der Waals surface area contributed by atoms with Gasteiger partial charge in [-0.2, -0.15) is 5.26 Å². The molecular formula is C13H23N3O. The van der Waals surface area contributed by atoms with E-state index in [0.29, 0.717) is 12.5 Å². The predicted octanol–water partition coefficient (Wildman–Crippen LogP) is 1.38. The number of amides is 1. The van der Waals surface area contributed by atoms with Gasteiger partial charge in [0, 0.05) is 24.5 Å². The molecule has 1 amide bonds. The van der Waals surface area contributed by atoms with Crippen LogP contribution in [0.2, 0.25) is 0 Å². The first-order chi connectivity index (χ1) is 7.82. The number of nitrogens with one attached hydrogen (secondary N) is 1. The van der Waals surface area contributed by atoms with Gasteiger partial charge < -0.3 is 5.32 Å². The van der Waals surface area contributed by atoms with Crippen molar-refractivity contribution in [1.82, 2.24) is 10.2 Å². The molecule has 1 aliphatic rings. The Morgan fingerprint density at radius 1 is 1.47 bits per heavy atom. The van der Waals surface area contributed by atoms with E-state index in [2.05, 4.69) is 23.2 Å². The minimum atomic E-state index is -0.346. The lowest BCUT2D eigenvalue weighted by molar-refractivity contribution is -0.129. The molecule has 2 atom stereocenters. The van der Waals surface area contributed by atoms with Gasteiger partial charge in [0.25, 0.3) is 0 Å². The van der Waals surface area contributed by atoms with Crippen LogP contribution in [-0.2, 0) is 4.79 Å². The summed E-state index contributed by atoms with van der Waals surface area (Å²) < 4.78 is 0. The zero-order valence-electron chi connectivity index (χ0n) is 11.3. The number of carbonyl (C=O) groups excluding carboxylic acids is 1. The highest BCUT2D eigenvalue weighted by Crippen LogP contribution is 2.18. The van der Waals surface area contributed by atoms with Crippen molar-refractivity contribution in [3.63, 3.8) is 0 Å². The lowest BCUT2D eigenvalue weighted by Gasteiger charge is -2.36. The number of nitriles is 1. The second-order valence-electron chi connectivity index (χ2n) is 6.11. The summed E-state index contributed by atoms with van der Waals surface area (Å²) in [4.78, 5) is 14.0. The fourth-order valence-corrected chi connectivity index (χ4v) is 2.20. The van der Waals surface area contributed by atoms with Crippen LogP contribution in [0.4, 0.5) is 0 Å². The van der Waals surface area contributed by atoms with Crippen molar-refractivity contribution in [2.24, 2.45) is 11.3 Å². The summed E-state index contributed by atoms with van der Waals surface area (Å²) in [7, 11) is 0. The molecule has 1 rings (SSSR count). The molecule has 1 aliphatic heterocycles. The number of piperidine rings is 1. The van der Waals surface area contributed by atoms with Crippen molar-refractivity contribution < 1.29 is 4.79 Å². The summed E-state index contributed by atoms with van der Waals surface area (Å²) in [6, 6.07) is 2.35. The third-order valence-electron chi connectivity index (χ3n) is 3.05. The number of carbonyl (C=O) groups is 1. The van der Waals surface area contributed by atoms with Crippen molar-refractivity contribution in [2.45, 2.75) is 40.2 Å². The Bertz CT molecular complexity index is 314. The number of hydrogen-bond acceptors (Lipinski definition) is 3. The summed E-state index contributed by atoms with van der Waals surface area (Å²) in [6.45, 7) is 10.1. The zero-order chi connectivity index (χ0) is 13.1. The molecule has 0 bridgehead atoms. The van der Waals surface area contributed by atoms with Crippen molar-refractivity contribution in [2.75, 3.05) is 19.6 Å². The smallest absolute Gasteiger partial charge is 0.225 e. The van der Waals surface area contributed by atoms with Crippen LogP contribution in [-0.4, -0.2) is 36.5 Å². The SMILES string of the molecule is CC1CC(NC(=O)C(C)(C)C)CN(CC#N)C1. The maximum absolute atomic E-state index is 11.9. The van der Waals surface area contributed by atoms with E-state index in [0.717, 1.165) is 19.5 Å². The molecule has 0 aliphatic carbocycles. The van der Waals surface area contributed by atoms with Crippen LogP contribution in [0.5, 0.6) is 0 Å². The van der Waals surface area contributed by atoms with E-state index < -0.39 is 0 Å². The van der Waals surface area contributed by atoms with Gasteiger partial charge in [0.15, 0.2) is 0 Å².